The van der Waals surface area contributed by atoms with E-state index in [0.717, 1.165) is 45.0 Å². The molecule has 2 nitrogen and oxygen atoms in total. The van der Waals surface area contributed by atoms with Crippen molar-refractivity contribution in [2.45, 2.75) is 0 Å². The summed E-state index contributed by atoms with van der Waals surface area (Å²) >= 11 is 0. The summed E-state index contributed by atoms with van der Waals surface area (Å²) in [5.41, 5.74) is 19.9. The molecule has 0 fully saturated rings. The standard InChI is InChI=1S/C42H32N2/c43-41-18-10-17-40(42(41)36-21-19-33(20-22-36)31-11-4-1-5-12-31)35-25-29-39(30-26-35)44(37-15-8-3-9-16-37)38-27-23-34(24-28-38)32-13-6-2-7-14-32/h1-30H,43H2. The minimum absolute atomic E-state index is 0.767. The highest BCUT2D eigenvalue weighted by Crippen LogP contribution is 2.40. The van der Waals surface area contributed by atoms with Crippen molar-refractivity contribution in [3.8, 4) is 44.5 Å². The lowest BCUT2D eigenvalue weighted by molar-refractivity contribution is 1.28. The average molecular weight is 565 g/mol. The van der Waals surface area contributed by atoms with Gasteiger partial charge in [-0.15, -0.1) is 0 Å². The Morgan fingerprint density at radius 1 is 0.295 bits per heavy atom. The largest absolute Gasteiger partial charge is 0.398 e. The number of rotatable bonds is 7. The number of nitrogens with zero attached hydrogens (tertiary/aromatic N) is 1. The minimum atomic E-state index is 0.767. The number of hydrogen-bond acceptors (Lipinski definition) is 2. The molecule has 2 N–H and O–H groups in total. The zero-order chi connectivity index (χ0) is 29.7. The van der Waals surface area contributed by atoms with Gasteiger partial charge >= 0.3 is 0 Å². The lowest BCUT2D eigenvalue weighted by Crippen LogP contribution is -2.09. The maximum Gasteiger partial charge on any atom is 0.0462 e. The second kappa shape index (κ2) is 12.2. The summed E-state index contributed by atoms with van der Waals surface area (Å²) in [5, 5.41) is 0. The maximum absolute atomic E-state index is 6.62. The molecule has 0 saturated carbocycles. The van der Waals surface area contributed by atoms with Gasteiger partial charge in [0.25, 0.3) is 0 Å². The van der Waals surface area contributed by atoms with Crippen molar-refractivity contribution in [2.24, 2.45) is 0 Å². The Balaban J connectivity index is 1.23. The van der Waals surface area contributed by atoms with E-state index < -0.39 is 0 Å². The van der Waals surface area contributed by atoms with Gasteiger partial charge < -0.3 is 10.6 Å². The summed E-state index contributed by atoms with van der Waals surface area (Å²) < 4.78 is 0. The van der Waals surface area contributed by atoms with Gasteiger partial charge in [-0.25, -0.2) is 0 Å². The van der Waals surface area contributed by atoms with Crippen LogP contribution in [0.25, 0.3) is 44.5 Å². The zero-order valence-corrected chi connectivity index (χ0v) is 24.3. The van der Waals surface area contributed by atoms with Gasteiger partial charge in [-0.2, -0.15) is 0 Å². The highest BCUT2D eigenvalue weighted by Gasteiger charge is 2.15. The Morgan fingerprint density at radius 2 is 0.682 bits per heavy atom. The Labute approximate surface area is 259 Å². The van der Waals surface area contributed by atoms with Gasteiger partial charge in [0.05, 0.1) is 0 Å². The number of hydrogen-bond donors (Lipinski definition) is 1. The fraction of sp³-hybridized carbons (Fsp3) is 0. The lowest BCUT2D eigenvalue weighted by Gasteiger charge is -2.26. The van der Waals surface area contributed by atoms with Crippen molar-refractivity contribution in [1.29, 1.82) is 0 Å². The van der Waals surface area contributed by atoms with Gasteiger partial charge in [-0.1, -0.05) is 140 Å². The van der Waals surface area contributed by atoms with Crippen LogP contribution in [0.3, 0.4) is 0 Å². The molecule has 210 valence electrons. The highest BCUT2D eigenvalue weighted by atomic mass is 15.1. The Hall–Kier alpha value is -5.86. The van der Waals surface area contributed by atoms with Crippen molar-refractivity contribution in [2.75, 3.05) is 10.6 Å². The molecule has 0 aromatic heterocycles. The molecule has 2 heteroatoms. The topological polar surface area (TPSA) is 29.3 Å². The van der Waals surface area contributed by atoms with Gasteiger partial charge in [0, 0.05) is 28.3 Å². The van der Waals surface area contributed by atoms with Crippen molar-refractivity contribution in [3.63, 3.8) is 0 Å². The molecule has 0 heterocycles. The molecular formula is C42H32N2. The maximum atomic E-state index is 6.62. The van der Waals surface area contributed by atoms with E-state index in [1.807, 2.05) is 24.3 Å². The van der Waals surface area contributed by atoms with Gasteiger partial charge in [-0.05, 0) is 81.4 Å². The van der Waals surface area contributed by atoms with Crippen molar-refractivity contribution in [3.05, 3.63) is 182 Å². The van der Waals surface area contributed by atoms with Crippen LogP contribution in [0.5, 0.6) is 0 Å². The first-order valence-corrected chi connectivity index (χ1v) is 14.9. The number of benzene rings is 7. The Kier molecular flexibility index (Phi) is 7.47. The quantitative estimate of drug-likeness (QED) is 0.195. The van der Waals surface area contributed by atoms with Crippen molar-refractivity contribution in [1.82, 2.24) is 0 Å². The molecule has 0 aliphatic rings. The summed E-state index contributed by atoms with van der Waals surface area (Å²) in [6.45, 7) is 0. The summed E-state index contributed by atoms with van der Waals surface area (Å²) in [7, 11) is 0. The third kappa shape index (κ3) is 5.49. The fourth-order valence-electron chi connectivity index (χ4n) is 5.84. The van der Waals surface area contributed by atoms with Gasteiger partial charge in [0.1, 0.15) is 0 Å². The summed E-state index contributed by atoms with van der Waals surface area (Å²) in [5.74, 6) is 0. The highest BCUT2D eigenvalue weighted by molar-refractivity contribution is 5.92. The number of para-hydroxylation sites is 1. The lowest BCUT2D eigenvalue weighted by atomic mass is 9.92. The molecule has 0 bridgehead atoms. The van der Waals surface area contributed by atoms with Crippen LogP contribution in [0.2, 0.25) is 0 Å². The Morgan fingerprint density at radius 3 is 1.20 bits per heavy atom. The van der Waals surface area contributed by atoms with Crippen LogP contribution in [0.15, 0.2) is 182 Å². The third-order valence-electron chi connectivity index (χ3n) is 8.06. The Bertz CT molecular complexity index is 1960. The SMILES string of the molecule is Nc1cccc(-c2ccc(N(c3ccccc3)c3ccc(-c4ccccc4)cc3)cc2)c1-c1ccc(-c2ccccc2)cc1. The second-order valence-electron chi connectivity index (χ2n) is 10.8. The fourth-order valence-corrected chi connectivity index (χ4v) is 5.84. The number of nitrogens with two attached hydrogens (primary N) is 1. The van der Waals surface area contributed by atoms with Crippen LogP contribution < -0.4 is 10.6 Å². The van der Waals surface area contributed by atoms with Crippen LogP contribution >= 0.6 is 0 Å². The van der Waals surface area contributed by atoms with Crippen LogP contribution in [0.4, 0.5) is 22.7 Å². The van der Waals surface area contributed by atoms with E-state index in [-0.39, 0.29) is 0 Å². The molecule has 7 aromatic carbocycles. The zero-order valence-electron chi connectivity index (χ0n) is 24.3. The minimum Gasteiger partial charge on any atom is -0.398 e. The van der Waals surface area contributed by atoms with Gasteiger partial charge in [0.2, 0.25) is 0 Å². The first-order chi connectivity index (χ1) is 21.7. The molecule has 44 heavy (non-hydrogen) atoms. The van der Waals surface area contributed by atoms with E-state index in [1.54, 1.807) is 0 Å². The molecule has 0 radical (unpaired) electrons. The van der Waals surface area contributed by atoms with E-state index in [4.69, 9.17) is 5.73 Å². The van der Waals surface area contributed by atoms with E-state index >= 15 is 0 Å². The van der Waals surface area contributed by atoms with E-state index in [1.165, 1.54) is 22.3 Å². The van der Waals surface area contributed by atoms with Gasteiger partial charge in [0.15, 0.2) is 0 Å². The second-order valence-corrected chi connectivity index (χ2v) is 10.8. The predicted octanol–water partition coefficient (Wildman–Crippen LogP) is 11.4. The van der Waals surface area contributed by atoms with Gasteiger partial charge in [-0.3, -0.25) is 0 Å². The predicted molar refractivity (Wildman–Crippen MR) is 187 cm³/mol. The molecular weight excluding hydrogens is 532 g/mol. The van der Waals surface area contributed by atoms with E-state index in [9.17, 15) is 0 Å². The summed E-state index contributed by atoms with van der Waals surface area (Å²) in [4.78, 5) is 2.29. The molecule has 0 aliphatic heterocycles. The van der Waals surface area contributed by atoms with E-state index in [0.29, 0.717) is 0 Å². The summed E-state index contributed by atoms with van der Waals surface area (Å²) in [6.07, 6.45) is 0. The summed E-state index contributed by atoms with van der Waals surface area (Å²) in [6, 6.07) is 63.8. The van der Waals surface area contributed by atoms with Crippen molar-refractivity contribution < 1.29 is 0 Å². The monoisotopic (exact) mass is 564 g/mol. The number of nitrogen functional groups attached to an aromatic ring is 1. The molecule has 0 spiro atoms. The van der Waals surface area contributed by atoms with Crippen LogP contribution in [-0.4, -0.2) is 0 Å². The molecule has 0 unspecified atom stereocenters. The molecule has 7 rings (SSSR count). The molecule has 0 saturated heterocycles. The van der Waals surface area contributed by atoms with Crippen LogP contribution in [0, 0.1) is 0 Å². The molecule has 0 amide bonds. The molecule has 7 aromatic rings. The average Bonchev–Trinajstić information content (AvgIpc) is 3.10. The van der Waals surface area contributed by atoms with Crippen LogP contribution in [0.1, 0.15) is 0 Å². The third-order valence-corrected chi connectivity index (χ3v) is 8.06. The van der Waals surface area contributed by atoms with Crippen LogP contribution in [-0.2, 0) is 0 Å². The van der Waals surface area contributed by atoms with E-state index in [2.05, 4.69) is 163 Å². The first kappa shape index (κ1) is 27.0. The van der Waals surface area contributed by atoms with Crippen molar-refractivity contribution >= 4 is 22.7 Å². The first-order valence-electron chi connectivity index (χ1n) is 14.9. The normalized spacial score (nSPS) is 10.8. The smallest absolute Gasteiger partial charge is 0.0462 e. The molecule has 0 aliphatic carbocycles. The molecule has 0 atom stereocenters. The number of anilines is 4.